The van der Waals surface area contributed by atoms with Crippen molar-refractivity contribution < 1.29 is 19.0 Å². The van der Waals surface area contributed by atoms with Gasteiger partial charge in [-0.05, 0) is 18.9 Å². The predicted octanol–water partition coefficient (Wildman–Crippen LogP) is 3.26. The van der Waals surface area contributed by atoms with E-state index < -0.39 is 11.2 Å². The van der Waals surface area contributed by atoms with Gasteiger partial charge < -0.3 is 14.2 Å². The van der Waals surface area contributed by atoms with Crippen LogP contribution >= 0.6 is 0 Å². The summed E-state index contributed by atoms with van der Waals surface area (Å²) in [6.45, 7) is 9.24. The lowest BCUT2D eigenvalue weighted by molar-refractivity contribution is -0.191. The second-order valence-corrected chi connectivity index (χ2v) is 5.25. The Hall–Kier alpha value is -1.53. The Morgan fingerprint density at radius 3 is 1.96 bits per heavy atom. The third-order valence-corrected chi connectivity index (χ3v) is 4.25. The van der Waals surface area contributed by atoms with Gasteiger partial charge in [0.1, 0.15) is 11.2 Å². The van der Waals surface area contributed by atoms with Gasteiger partial charge in [0, 0.05) is 25.2 Å². The van der Waals surface area contributed by atoms with Crippen molar-refractivity contribution in [3.8, 4) is 0 Å². The first-order chi connectivity index (χ1) is 11.7. The summed E-state index contributed by atoms with van der Waals surface area (Å²) < 4.78 is 16.4. The van der Waals surface area contributed by atoms with Crippen molar-refractivity contribution >= 4 is 5.97 Å². The van der Waals surface area contributed by atoms with Crippen LogP contribution in [0.2, 0.25) is 0 Å². The van der Waals surface area contributed by atoms with Crippen molar-refractivity contribution in [1.82, 2.24) is 9.97 Å². The van der Waals surface area contributed by atoms with Crippen LogP contribution in [0.15, 0.2) is 18.5 Å². The van der Waals surface area contributed by atoms with Gasteiger partial charge in [0.15, 0.2) is 5.79 Å². The quantitative estimate of drug-likeness (QED) is 0.771. The second-order valence-electron chi connectivity index (χ2n) is 5.25. The minimum atomic E-state index is -0.781. The summed E-state index contributed by atoms with van der Waals surface area (Å²) in [4.78, 5) is 20.8. The van der Waals surface area contributed by atoms with E-state index in [0.717, 1.165) is 0 Å². The number of hydrogen-bond acceptors (Lipinski definition) is 6. The van der Waals surface area contributed by atoms with E-state index in [1.54, 1.807) is 18.5 Å². The van der Waals surface area contributed by atoms with Crippen LogP contribution in [0.25, 0.3) is 0 Å². The van der Waals surface area contributed by atoms with Crippen molar-refractivity contribution in [3.05, 3.63) is 24.3 Å². The molecular weight excluding hydrogens is 308 g/mol. The normalized spacial score (nSPS) is 20.2. The summed E-state index contributed by atoms with van der Waals surface area (Å²) in [6.07, 6.45) is 5.76. The van der Waals surface area contributed by atoms with Crippen LogP contribution < -0.4 is 0 Å². The van der Waals surface area contributed by atoms with Crippen LogP contribution in [0.4, 0.5) is 0 Å². The zero-order valence-corrected chi connectivity index (χ0v) is 15.5. The Bertz CT molecular complexity index is 477. The SMILES string of the molecule is CC.CC.COC(=O)C1(c2ncccn2)CCC2(CC1)OCCO2. The van der Waals surface area contributed by atoms with Crippen molar-refractivity contribution in [2.45, 2.75) is 64.6 Å². The lowest BCUT2D eigenvalue weighted by Crippen LogP contribution is -2.47. The van der Waals surface area contributed by atoms with Crippen LogP contribution in [0, 0.1) is 0 Å². The maximum absolute atomic E-state index is 12.3. The molecule has 1 aliphatic carbocycles. The molecule has 1 saturated carbocycles. The van der Waals surface area contributed by atoms with E-state index in [-0.39, 0.29) is 5.97 Å². The molecule has 0 unspecified atom stereocenters. The molecule has 1 aromatic rings. The number of carbonyl (C=O) groups excluding carboxylic acids is 1. The fourth-order valence-corrected chi connectivity index (χ4v) is 3.10. The highest BCUT2D eigenvalue weighted by molar-refractivity contribution is 5.82. The molecule has 0 N–H and O–H groups in total. The Labute approximate surface area is 144 Å². The van der Waals surface area contributed by atoms with E-state index in [9.17, 15) is 4.79 Å². The maximum Gasteiger partial charge on any atom is 0.319 e. The molecule has 2 aliphatic rings. The van der Waals surface area contributed by atoms with Crippen molar-refractivity contribution in [1.29, 1.82) is 0 Å². The summed E-state index contributed by atoms with van der Waals surface area (Å²) in [7, 11) is 1.40. The van der Waals surface area contributed by atoms with Gasteiger partial charge in [-0.1, -0.05) is 27.7 Å². The summed E-state index contributed by atoms with van der Waals surface area (Å²) >= 11 is 0. The van der Waals surface area contributed by atoms with E-state index in [0.29, 0.717) is 44.7 Å². The standard InChI is InChI=1S/C14H18N2O4.2C2H6/c1-18-12(17)13(11-15-7-2-8-16-11)3-5-14(6-4-13)19-9-10-20-14;2*1-2/h2,7-8H,3-6,9-10H2,1H3;2*1-2H3. The van der Waals surface area contributed by atoms with Crippen LogP contribution in [-0.4, -0.2) is 42.0 Å². The van der Waals surface area contributed by atoms with Gasteiger partial charge >= 0.3 is 5.97 Å². The van der Waals surface area contributed by atoms with Gasteiger partial charge in [-0.3, -0.25) is 4.79 Å². The van der Waals surface area contributed by atoms with E-state index >= 15 is 0 Å². The van der Waals surface area contributed by atoms with Crippen LogP contribution in [0.1, 0.15) is 59.2 Å². The third kappa shape index (κ3) is 4.11. The number of ether oxygens (including phenoxy) is 3. The highest BCUT2D eigenvalue weighted by Gasteiger charge is 2.53. The first kappa shape index (κ1) is 20.5. The summed E-state index contributed by atoms with van der Waals surface area (Å²) in [5.41, 5.74) is -0.781. The first-order valence-corrected chi connectivity index (χ1v) is 8.85. The molecule has 1 aromatic heterocycles. The van der Waals surface area contributed by atoms with Gasteiger partial charge in [-0.25, -0.2) is 9.97 Å². The van der Waals surface area contributed by atoms with Gasteiger partial charge in [0.25, 0.3) is 0 Å². The van der Waals surface area contributed by atoms with E-state index in [4.69, 9.17) is 14.2 Å². The topological polar surface area (TPSA) is 70.5 Å². The molecule has 0 bridgehead atoms. The number of methoxy groups -OCH3 is 1. The number of rotatable bonds is 2. The molecule has 0 amide bonds. The molecular formula is C18H30N2O4. The molecule has 3 rings (SSSR count). The minimum absolute atomic E-state index is 0.281. The second kappa shape index (κ2) is 9.69. The minimum Gasteiger partial charge on any atom is -0.468 e. The number of nitrogens with zero attached hydrogens (tertiary/aromatic N) is 2. The van der Waals surface area contributed by atoms with Crippen LogP contribution in [-0.2, 0) is 24.4 Å². The van der Waals surface area contributed by atoms with Gasteiger partial charge in [0.05, 0.1) is 20.3 Å². The molecule has 0 radical (unpaired) electrons. The summed E-state index contributed by atoms with van der Waals surface area (Å²) in [6, 6.07) is 1.74. The molecule has 0 atom stereocenters. The molecule has 6 heteroatoms. The fraction of sp³-hybridized carbons (Fsp3) is 0.722. The van der Waals surface area contributed by atoms with E-state index in [1.165, 1.54) is 7.11 Å². The zero-order chi connectivity index (χ0) is 18.1. The number of carbonyl (C=O) groups is 1. The smallest absolute Gasteiger partial charge is 0.319 e. The molecule has 136 valence electrons. The maximum atomic E-state index is 12.3. The van der Waals surface area contributed by atoms with Crippen LogP contribution in [0.5, 0.6) is 0 Å². The lowest BCUT2D eigenvalue weighted by Gasteiger charge is -2.40. The average Bonchev–Trinajstić information content (AvgIpc) is 3.14. The van der Waals surface area contributed by atoms with Gasteiger partial charge in [-0.2, -0.15) is 0 Å². The highest BCUT2D eigenvalue weighted by Crippen LogP contribution is 2.45. The number of esters is 1. The molecule has 2 heterocycles. The summed E-state index contributed by atoms with van der Waals surface area (Å²) in [5, 5.41) is 0. The molecule has 0 aromatic carbocycles. The largest absolute Gasteiger partial charge is 0.468 e. The third-order valence-electron chi connectivity index (χ3n) is 4.25. The molecule has 24 heavy (non-hydrogen) atoms. The Morgan fingerprint density at radius 1 is 1.00 bits per heavy atom. The van der Waals surface area contributed by atoms with E-state index in [2.05, 4.69) is 9.97 Å². The molecule has 2 fully saturated rings. The Kier molecular flexibility index (Phi) is 8.28. The average molecular weight is 338 g/mol. The predicted molar refractivity (Wildman–Crippen MR) is 91.5 cm³/mol. The fourth-order valence-electron chi connectivity index (χ4n) is 3.10. The van der Waals surface area contributed by atoms with Gasteiger partial charge in [-0.15, -0.1) is 0 Å². The summed E-state index contributed by atoms with van der Waals surface area (Å²) in [5.74, 6) is -0.275. The molecule has 6 nitrogen and oxygen atoms in total. The highest BCUT2D eigenvalue weighted by atomic mass is 16.7. The first-order valence-electron chi connectivity index (χ1n) is 8.85. The van der Waals surface area contributed by atoms with Crippen molar-refractivity contribution in [2.75, 3.05) is 20.3 Å². The molecule has 1 saturated heterocycles. The van der Waals surface area contributed by atoms with Crippen molar-refractivity contribution in [3.63, 3.8) is 0 Å². The molecule has 1 aliphatic heterocycles. The number of aromatic nitrogens is 2. The Morgan fingerprint density at radius 2 is 1.50 bits per heavy atom. The van der Waals surface area contributed by atoms with E-state index in [1.807, 2.05) is 27.7 Å². The number of hydrogen-bond donors (Lipinski definition) is 0. The Balaban J connectivity index is 0.000000671. The van der Waals surface area contributed by atoms with Crippen LogP contribution in [0.3, 0.4) is 0 Å². The molecule has 1 spiro atoms. The lowest BCUT2D eigenvalue weighted by atomic mass is 9.71. The monoisotopic (exact) mass is 338 g/mol. The van der Waals surface area contributed by atoms with Crippen molar-refractivity contribution in [2.24, 2.45) is 0 Å². The zero-order valence-electron chi connectivity index (χ0n) is 15.5. The van der Waals surface area contributed by atoms with Gasteiger partial charge in [0.2, 0.25) is 0 Å².